The van der Waals surface area contributed by atoms with E-state index in [1.54, 1.807) is 12.1 Å². The van der Waals surface area contributed by atoms with Gasteiger partial charge in [-0.15, -0.1) is 0 Å². The Hall–Kier alpha value is -2.22. The van der Waals surface area contributed by atoms with E-state index in [0.29, 0.717) is 5.69 Å². The fraction of sp³-hybridized carbons (Fsp3) is 0. The van der Waals surface area contributed by atoms with Gasteiger partial charge in [0.25, 0.3) is 0 Å². The fourth-order valence-electron chi connectivity index (χ4n) is 2.10. The van der Waals surface area contributed by atoms with E-state index in [4.69, 9.17) is 5.73 Å². The molecule has 0 radical (unpaired) electrons. The molecule has 0 fully saturated rings. The Morgan fingerprint density at radius 1 is 0.812 bits per heavy atom. The monoisotopic (exact) mass is 209 g/mol. The van der Waals surface area contributed by atoms with Crippen molar-refractivity contribution in [2.45, 2.75) is 0 Å². The Morgan fingerprint density at radius 2 is 1.62 bits per heavy atom. The first-order valence-electron chi connectivity index (χ1n) is 5.16. The largest absolute Gasteiger partial charge is 0.507 e. The predicted molar refractivity (Wildman–Crippen MR) is 67.5 cm³/mol. The first-order valence-corrected chi connectivity index (χ1v) is 5.16. The van der Waals surface area contributed by atoms with Crippen LogP contribution >= 0.6 is 0 Å². The van der Waals surface area contributed by atoms with Crippen molar-refractivity contribution >= 4 is 27.2 Å². The van der Waals surface area contributed by atoms with Gasteiger partial charge in [0.2, 0.25) is 0 Å². The number of hydrogen-bond donors (Lipinski definition) is 2. The average molecular weight is 209 g/mol. The van der Waals surface area contributed by atoms with Gasteiger partial charge in [0.15, 0.2) is 0 Å². The van der Waals surface area contributed by atoms with Gasteiger partial charge in [0, 0.05) is 11.1 Å². The van der Waals surface area contributed by atoms with Crippen LogP contribution in [0.2, 0.25) is 0 Å². The number of nitrogen functional groups attached to an aromatic ring is 1. The fourth-order valence-corrected chi connectivity index (χ4v) is 2.10. The Balaban J connectivity index is 2.59. The lowest BCUT2D eigenvalue weighted by molar-refractivity contribution is 0.482. The van der Waals surface area contributed by atoms with Crippen molar-refractivity contribution in [1.82, 2.24) is 0 Å². The molecule has 0 amide bonds. The van der Waals surface area contributed by atoms with Gasteiger partial charge in [-0.3, -0.25) is 0 Å². The van der Waals surface area contributed by atoms with Crippen LogP contribution in [0, 0.1) is 0 Å². The van der Waals surface area contributed by atoms with Crippen molar-refractivity contribution in [3.05, 3.63) is 48.5 Å². The average Bonchev–Trinajstić information content (AvgIpc) is 2.29. The molecule has 0 spiro atoms. The Bertz CT molecular complexity index is 689. The number of hydrogen-bond acceptors (Lipinski definition) is 2. The molecule has 0 saturated heterocycles. The highest BCUT2D eigenvalue weighted by molar-refractivity contribution is 6.10. The lowest BCUT2D eigenvalue weighted by Gasteiger charge is -2.06. The van der Waals surface area contributed by atoms with Crippen LogP contribution in [0.15, 0.2) is 48.5 Å². The van der Waals surface area contributed by atoms with Crippen molar-refractivity contribution in [2.24, 2.45) is 0 Å². The van der Waals surface area contributed by atoms with Gasteiger partial charge in [-0.25, -0.2) is 0 Å². The van der Waals surface area contributed by atoms with Gasteiger partial charge in [0.05, 0.1) is 0 Å². The maximum Gasteiger partial charge on any atom is 0.124 e. The molecule has 2 heteroatoms. The van der Waals surface area contributed by atoms with Gasteiger partial charge in [-0.05, 0) is 34.4 Å². The second-order valence-electron chi connectivity index (χ2n) is 3.92. The summed E-state index contributed by atoms with van der Waals surface area (Å²) in [4.78, 5) is 0. The summed E-state index contributed by atoms with van der Waals surface area (Å²) in [6.45, 7) is 0. The number of fused-ring (bicyclic) bond motifs is 3. The third-order valence-corrected chi connectivity index (χ3v) is 2.86. The van der Waals surface area contributed by atoms with E-state index in [1.807, 2.05) is 36.4 Å². The highest BCUT2D eigenvalue weighted by Gasteiger charge is 2.05. The molecule has 3 rings (SSSR count). The van der Waals surface area contributed by atoms with Crippen molar-refractivity contribution < 1.29 is 5.11 Å². The molecule has 0 saturated carbocycles. The van der Waals surface area contributed by atoms with Crippen LogP contribution in [0.4, 0.5) is 5.69 Å². The van der Waals surface area contributed by atoms with Crippen molar-refractivity contribution in [2.75, 3.05) is 5.73 Å². The topological polar surface area (TPSA) is 46.2 Å². The summed E-state index contributed by atoms with van der Waals surface area (Å²) in [5, 5.41) is 13.9. The first kappa shape index (κ1) is 9.04. The molecule has 0 unspecified atom stereocenters. The van der Waals surface area contributed by atoms with Crippen LogP contribution in [0.3, 0.4) is 0 Å². The summed E-state index contributed by atoms with van der Waals surface area (Å²) in [6, 6.07) is 15.4. The summed E-state index contributed by atoms with van der Waals surface area (Å²) in [6.07, 6.45) is 0. The maximum atomic E-state index is 9.94. The minimum Gasteiger partial charge on any atom is -0.507 e. The predicted octanol–water partition coefficient (Wildman–Crippen LogP) is 3.28. The molecule has 0 aliphatic rings. The van der Waals surface area contributed by atoms with Crippen LogP contribution in [0.25, 0.3) is 21.5 Å². The SMILES string of the molecule is Nc1ccc2c(c1)c(O)cc1ccccc12. The van der Waals surface area contributed by atoms with E-state index in [1.165, 1.54) is 0 Å². The second-order valence-corrected chi connectivity index (χ2v) is 3.92. The van der Waals surface area contributed by atoms with Crippen molar-refractivity contribution in [3.8, 4) is 5.75 Å². The van der Waals surface area contributed by atoms with E-state index in [0.717, 1.165) is 21.5 Å². The number of nitrogens with two attached hydrogens (primary N) is 1. The lowest BCUT2D eigenvalue weighted by atomic mass is 10.0. The lowest BCUT2D eigenvalue weighted by Crippen LogP contribution is -1.85. The van der Waals surface area contributed by atoms with E-state index >= 15 is 0 Å². The van der Waals surface area contributed by atoms with Crippen LogP contribution in [0.5, 0.6) is 5.75 Å². The van der Waals surface area contributed by atoms with E-state index in [-0.39, 0.29) is 5.75 Å². The van der Waals surface area contributed by atoms with E-state index in [2.05, 4.69) is 0 Å². The summed E-state index contributed by atoms with van der Waals surface area (Å²) >= 11 is 0. The molecule has 78 valence electrons. The highest BCUT2D eigenvalue weighted by Crippen LogP contribution is 2.33. The summed E-state index contributed by atoms with van der Waals surface area (Å²) in [5.41, 5.74) is 6.39. The van der Waals surface area contributed by atoms with Crippen LogP contribution in [0.1, 0.15) is 0 Å². The van der Waals surface area contributed by atoms with E-state index in [9.17, 15) is 5.11 Å². The zero-order valence-corrected chi connectivity index (χ0v) is 8.64. The number of aromatic hydroxyl groups is 1. The summed E-state index contributed by atoms with van der Waals surface area (Å²) in [5.74, 6) is 0.279. The third-order valence-electron chi connectivity index (χ3n) is 2.86. The zero-order valence-electron chi connectivity index (χ0n) is 8.64. The highest BCUT2D eigenvalue weighted by atomic mass is 16.3. The maximum absolute atomic E-state index is 9.94. The molecular weight excluding hydrogens is 198 g/mol. The van der Waals surface area contributed by atoms with E-state index < -0.39 is 0 Å². The first-order chi connectivity index (χ1) is 7.75. The van der Waals surface area contributed by atoms with Crippen LogP contribution in [-0.4, -0.2) is 5.11 Å². The number of rotatable bonds is 0. The molecule has 3 aromatic rings. The molecule has 16 heavy (non-hydrogen) atoms. The van der Waals surface area contributed by atoms with Crippen molar-refractivity contribution in [3.63, 3.8) is 0 Å². The smallest absolute Gasteiger partial charge is 0.124 e. The van der Waals surface area contributed by atoms with Gasteiger partial charge >= 0.3 is 0 Å². The minimum atomic E-state index is 0.279. The molecule has 0 aromatic heterocycles. The standard InChI is InChI=1S/C14H11NO/c15-10-5-6-12-11-4-2-1-3-9(11)7-14(16)13(12)8-10/h1-8,16H,15H2. The molecular formula is C14H11NO. The zero-order chi connectivity index (χ0) is 11.1. The van der Waals surface area contributed by atoms with Gasteiger partial charge in [0.1, 0.15) is 5.75 Å². The van der Waals surface area contributed by atoms with Gasteiger partial charge in [-0.1, -0.05) is 30.3 Å². The number of phenols is 1. The molecule has 0 heterocycles. The normalized spacial score (nSPS) is 11.0. The molecule has 0 atom stereocenters. The molecule has 0 bridgehead atoms. The number of phenolic OH excluding ortho intramolecular Hbond substituents is 1. The minimum absolute atomic E-state index is 0.279. The third kappa shape index (κ3) is 1.20. The Morgan fingerprint density at radius 3 is 2.50 bits per heavy atom. The Kier molecular flexibility index (Phi) is 1.77. The van der Waals surface area contributed by atoms with Gasteiger partial charge < -0.3 is 10.8 Å². The number of anilines is 1. The molecule has 3 N–H and O–H groups in total. The quantitative estimate of drug-likeness (QED) is 0.441. The van der Waals surface area contributed by atoms with Crippen LogP contribution < -0.4 is 5.73 Å². The molecule has 3 aromatic carbocycles. The number of benzene rings is 3. The molecule has 2 nitrogen and oxygen atoms in total. The van der Waals surface area contributed by atoms with Gasteiger partial charge in [-0.2, -0.15) is 0 Å². The summed E-state index contributed by atoms with van der Waals surface area (Å²) in [7, 11) is 0. The molecule has 0 aliphatic heterocycles. The van der Waals surface area contributed by atoms with Crippen molar-refractivity contribution in [1.29, 1.82) is 0 Å². The summed E-state index contributed by atoms with van der Waals surface area (Å²) < 4.78 is 0. The molecule has 0 aliphatic carbocycles. The Labute approximate surface area is 92.9 Å². The van der Waals surface area contributed by atoms with Crippen LogP contribution in [-0.2, 0) is 0 Å². The second kappa shape index (κ2) is 3.14.